The fourth-order valence-corrected chi connectivity index (χ4v) is 2.01. The summed E-state index contributed by atoms with van der Waals surface area (Å²) in [6.07, 6.45) is 3.98. The van der Waals surface area contributed by atoms with E-state index >= 15 is 0 Å². The molecule has 0 unspecified atom stereocenters. The first-order valence-electron chi connectivity index (χ1n) is 6.43. The average molecular weight is 235 g/mol. The molecule has 1 heterocycles. The van der Waals surface area contributed by atoms with E-state index in [1.54, 1.807) is 0 Å². The number of rotatable bonds is 7. The van der Waals surface area contributed by atoms with Gasteiger partial charge in [-0.25, -0.2) is 0 Å². The number of aromatic nitrogens is 2. The van der Waals surface area contributed by atoms with Crippen LogP contribution in [0.15, 0.2) is 12.7 Å². The van der Waals surface area contributed by atoms with Crippen LogP contribution in [0, 0.1) is 13.8 Å². The molecule has 0 spiro atoms. The van der Waals surface area contributed by atoms with E-state index in [0.717, 1.165) is 31.6 Å². The Morgan fingerprint density at radius 3 is 2.71 bits per heavy atom. The Bertz CT molecular complexity index is 364. The second kappa shape index (κ2) is 6.60. The molecule has 0 radical (unpaired) electrons. The highest BCUT2D eigenvalue weighted by molar-refractivity contribution is 5.24. The van der Waals surface area contributed by atoms with Crippen LogP contribution in [0.25, 0.3) is 0 Å². The summed E-state index contributed by atoms with van der Waals surface area (Å²) in [6.45, 7) is 14.3. The fraction of sp³-hybridized carbons (Fsp3) is 0.643. The third kappa shape index (κ3) is 4.00. The maximum Gasteiger partial charge on any atom is 0.0628 e. The van der Waals surface area contributed by atoms with Crippen molar-refractivity contribution in [3.63, 3.8) is 0 Å². The Labute approximate surface area is 105 Å². The van der Waals surface area contributed by atoms with E-state index in [2.05, 4.69) is 49.4 Å². The number of hydrogen-bond donors (Lipinski definition) is 1. The van der Waals surface area contributed by atoms with Gasteiger partial charge in [0.2, 0.25) is 0 Å². The zero-order valence-corrected chi connectivity index (χ0v) is 11.6. The monoisotopic (exact) mass is 235 g/mol. The molecule has 96 valence electrons. The van der Waals surface area contributed by atoms with Gasteiger partial charge in [0.1, 0.15) is 0 Å². The Morgan fingerprint density at radius 2 is 2.12 bits per heavy atom. The topological polar surface area (TPSA) is 29.9 Å². The Hall–Kier alpha value is -1.09. The normalized spacial score (nSPS) is 11.1. The van der Waals surface area contributed by atoms with Gasteiger partial charge < -0.3 is 5.32 Å². The predicted octanol–water partition coefficient (Wildman–Crippen LogP) is 2.62. The molecule has 0 amide bonds. The summed E-state index contributed by atoms with van der Waals surface area (Å²) in [4.78, 5) is 0. The minimum Gasteiger partial charge on any atom is -0.314 e. The molecule has 0 aliphatic rings. The second-order valence-electron chi connectivity index (χ2n) is 4.81. The van der Waals surface area contributed by atoms with Crippen LogP contribution in [0.2, 0.25) is 0 Å². The lowest BCUT2D eigenvalue weighted by Crippen LogP contribution is -2.25. The number of aryl methyl sites for hydroxylation is 2. The molecule has 0 saturated heterocycles. The minimum absolute atomic E-state index is 0.548. The molecule has 1 aromatic rings. The van der Waals surface area contributed by atoms with Crippen LogP contribution in [0.3, 0.4) is 0 Å². The van der Waals surface area contributed by atoms with E-state index in [4.69, 9.17) is 0 Å². The van der Waals surface area contributed by atoms with Crippen molar-refractivity contribution >= 4 is 0 Å². The standard InChI is InChI=1S/C14H25N3/c1-6-7-10-17-13(5)14(12(4)16-17)8-9-15-11(2)3/h6,11,15H,1,7-10H2,2-5H3. The maximum absolute atomic E-state index is 4.59. The molecule has 17 heavy (non-hydrogen) atoms. The molecule has 0 aromatic carbocycles. The zero-order chi connectivity index (χ0) is 12.8. The lowest BCUT2D eigenvalue weighted by atomic mass is 10.1. The summed E-state index contributed by atoms with van der Waals surface area (Å²) < 4.78 is 2.10. The van der Waals surface area contributed by atoms with Crippen molar-refractivity contribution < 1.29 is 0 Å². The highest BCUT2D eigenvalue weighted by Gasteiger charge is 2.10. The quantitative estimate of drug-likeness (QED) is 0.736. The van der Waals surface area contributed by atoms with Crippen LogP contribution in [0.5, 0.6) is 0 Å². The molecule has 0 aliphatic heterocycles. The third-order valence-electron chi connectivity index (χ3n) is 3.00. The molecule has 1 rings (SSSR count). The average Bonchev–Trinajstić information content (AvgIpc) is 2.53. The van der Waals surface area contributed by atoms with Crippen LogP contribution in [0.1, 0.15) is 37.2 Å². The Morgan fingerprint density at radius 1 is 1.41 bits per heavy atom. The van der Waals surface area contributed by atoms with E-state index in [9.17, 15) is 0 Å². The van der Waals surface area contributed by atoms with Crippen molar-refractivity contribution in [2.24, 2.45) is 0 Å². The molecular weight excluding hydrogens is 210 g/mol. The first kappa shape index (κ1) is 14.0. The van der Waals surface area contributed by atoms with Gasteiger partial charge >= 0.3 is 0 Å². The molecule has 0 atom stereocenters. The number of allylic oxidation sites excluding steroid dienone is 1. The SMILES string of the molecule is C=CCCn1nc(C)c(CCNC(C)C)c1C. The number of hydrogen-bond acceptors (Lipinski definition) is 2. The van der Waals surface area contributed by atoms with E-state index in [0.29, 0.717) is 6.04 Å². The van der Waals surface area contributed by atoms with Crippen molar-refractivity contribution in [3.8, 4) is 0 Å². The number of nitrogens with one attached hydrogen (secondary N) is 1. The van der Waals surface area contributed by atoms with Crippen LogP contribution >= 0.6 is 0 Å². The van der Waals surface area contributed by atoms with Crippen molar-refractivity contribution in [1.29, 1.82) is 0 Å². The predicted molar refractivity (Wildman–Crippen MR) is 73.4 cm³/mol. The van der Waals surface area contributed by atoms with Crippen LogP contribution in [-0.2, 0) is 13.0 Å². The summed E-state index contributed by atoms with van der Waals surface area (Å²) in [5, 5.41) is 8.03. The maximum atomic E-state index is 4.59. The van der Waals surface area contributed by atoms with Crippen molar-refractivity contribution in [1.82, 2.24) is 15.1 Å². The summed E-state index contributed by atoms with van der Waals surface area (Å²) >= 11 is 0. The van der Waals surface area contributed by atoms with Gasteiger partial charge in [0.05, 0.1) is 5.69 Å². The van der Waals surface area contributed by atoms with Crippen LogP contribution in [0.4, 0.5) is 0 Å². The molecule has 0 aliphatic carbocycles. The van der Waals surface area contributed by atoms with Gasteiger partial charge in [-0.05, 0) is 38.8 Å². The van der Waals surface area contributed by atoms with Gasteiger partial charge in [-0.1, -0.05) is 19.9 Å². The van der Waals surface area contributed by atoms with E-state index in [-0.39, 0.29) is 0 Å². The highest BCUT2D eigenvalue weighted by atomic mass is 15.3. The third-order valence-corrected chi connectivity index (χ3v) is 3.00. The van der Waals surface area contributed by atoms with E-state index in [1.165, 1.54) is 11.3 Å². The highest BCUT2D eigenvalue weighted by Crippen LogP contribution is 2.13. The summed E-state index contributed by atoms with van der Waals surface area (Å²) in [6, 6.07) is 0.548. The van der Waals surface area contributed by atoms with Crippen LogP contribution in [-0.4, -0.2) is 22.4 Å². The molecule has 1 aromatic heterocycles. The fourth-order valence-electron chi connectivity index (χ4n) is 2.01. The van der Waals surface area contributed by atoms with Gasteiger partial charge in [0.25, 0.3) is 0 Å². The molecule has 1 N–H and O–H groups in total. The first-order chi connectivity index (χ1) is 8.06. The van der Waals surface area contributed by atoms with Gasteiger partial charge in [0.15, 0.2) is 0 Å². The van der Waals surface area contributed by atoms with Crippen molar-refractivity contribution in [2.45, 2.75) is 53.1 Å². The molecule has 0 bridgehead atoms. The van der Waals surface area contributed by atoms with E-state index < -0.39 is 0 Å². The molecule has 3 nitrogen and oxygen atoms in total. The molecule has 0 saturated carbocycles. The van der Waals surface area contributed by atoms with Gasteiger partial charge in [0, 0.05) is 18.3 Å². The summed E-state index contributed by atoms with van der Waals surface area (Å²) in [5.74, 6) is 0. The Kier molecular flexibility index (Phi) is 5.42. The lowest BCUT2D eigenvalue weighted by molar-refractivity contribution is 0.585. The zero-order valence-electron chi connectivity index (χ0n) is 11.6. The van der Waals surface area contributed by atoms with Gasteiger partial charge in [-0.3, -0.25) is 4.68 Å². The summed E-state index contributed by atoms with van der Waals surface area (Å²) in [7, 11) is 0. The molecule has 0 fully saturated rings. The van der Waals surface area contributed by atoms with Crippen LogP contribution < -0.4 is 5.32 Å². The molecule has 3 heteroatoms. The van der Waals surface area contributed by atoms with Gasteiger partial charge in [-0.2, -0.15) is 5.10 Å². The Balaban J connectivity index is 2.64. The minimum atomic E-state index is 0.548. The largest absolute Gasteiger partial charge is 0.314 e. The van der Waals surface area contributed by atoms with Crippen molar-refractivity contribution in [3.05, 3.63) is 29.6 Å². The van der Waals surface area contributed by atoms with E-state index in [1.807, 2.05) is 6.08 Å². The smallest absolute Gasteiger partial charge is 0.0628 e. The van der Waals surface area contributed by atoms with Gasteiger partial charge in [-0.15, -0.1) is 6.58 Å². The number of nitrogens with zero attached hydrogens (tertiary/aromatic N) is 2. The second-order valence-corrected chi connectivity index (χ2v) is 4.81. The first-order valence-corrected chi connectivity index (χ1v) is 6.43. The summed E-state index contributed by atoms with van der Waals surface area (Å²) in [5.41, 5.74) is 3.86. The molecular formula is C14H25N3. The lowest BCUT2D eigenvalue weighted by Gasteiger charge is -2.08. The van der Waals surface area contributed by atoms with Crippen molar-refractivity contribution in [2.75, 3.05) is 6.54 Å².